The van der Waals surface area contributed by atoms with Gasteiger partial charge in [-0.05, 0) is 41.0 Å². The SMILES string of the molecule is COc1ccc(CN(C(=O)Cc2nc(-c3ccccc3F)no2)[C@H](Cc2ccccc2)C(=O)NCc2ccccc2)cc1. The molecular weight excluding hydrogens is 547 g/mol. The first-order valence-electron chi connectivity index (χ1n) is 13.9. The minimum absolute atomic E-state index is 0.0196. The quantitative estimate of drug-likeness (QED) is 0.213. The fourth-order valence-corrected chi connectivity index (χ4v) is 4.69. The Morgan fingerprint density at radius 3 is 2.19 bits per heavy atom. The van der Waals surface area contributed by atoms with Crippen molar-refractivity contribution in [3.8, 4) is 17.1 Å². The van der Waals surface area contributed by atoms with Crippen molar-refractivity contribution in [3.05, 3.63) is 138 Å². The molecule has 1 N–H and O–H groups in total. The molecular formula is C34H31FN4O4. The van der Waals surface area contributed by atoms with Crippen LogP contribution in [0.1, 0.15) is 22.6 Å². The number of ether oxygens (including phenoxy) is 1. The monoisotopic (exact) mass is 578 g/mol. The standard InChI is InChI=1S/C34H31FN4O4/c1-42-27-18-16-26(17-19-27)23-39(32(40)21-31-37-33(38-43-31)28-14-8-9-15-29(28)35)30(20-24-10-4-2-5-11-24)34(41)36-22-25-12-6-3-7-13-25/h2-19,30H,20-23H2,1H3,(H,36,41)/t30-/m1/s1. The van der Waals surface area contributed by atoms with E-state index in [0.29, 0.717) is 12.3 Å². The highest BCUT2D eigenvalue weighted by molar-refractivity contribution is 5.88. The largest absolute Gasteiger partial charge is 0.497 e. The number of nitrogens with one attached hydrogen (secondary N) is 1. The molecule has 43 heavy (non-hydrogen) atoms. The van der Waals surface area contributed by atoms with Crippen molar-refractivity contribution in [3.63, 3.8) is 0 Å². The molecule has 0 spiro atoms. The third-order valence-electron chi connectivity index (χ3n) is 6.98. The van der Waals surface area contributed by atoms with Gasteiger partial charge in [0.15, 0.2) is 0 Å². The molecule has 0 saturated heterocycles. The molecule has 9 heteroatoms. The van der Waals surface area contributed by atoms with Crippen LogP contribution >= 0.6 is 0 Å². The van der Waals surface area contributed by atoms with E-state index in [1.165, 1.54) is 17.0 Å². The average molecular weight is 579 g/mol. The number of carbonyl (C=O) groups is 2. The molecule has 5 rings (SSSR count). The lowest BCUT2D eigenvalue weighted by atomic mass is 10.0. The van der Waals surface area contributed by atoms with Crippen molar-refractivity contribution in [2.45, 2.75) is 32.0 Å². The minimum Gasteiger partial charge on any atom is -0.497 e. The molecule has 0 fully saturated rings. The molecule has 218 valence electrons. The summed E-state index contributed by atoms with van der Waals surface area (Å²) in [7, 11) is 1.58. The predicted molar refractivity (Wildman–Crippen MR) is 159 cm³/mol. The third kappa shape index (κ3) is 7.71. The summed E-state index contributed by atoms with van der Waals surface area (Å²) in [4.78, 5) is 33.6. The predicted octanol–water partition coefficient (Wildman–Crippen LogP) is 5.38. The summed E-state index contributed by atoms with van der Waals surface area (Å²) >= 11 is 0. The first kappa shape index (κ1) is 29.2. The molecule has 0 bridgehead atoms. The van der Waals surface area contributed by atoms with Crippen LogP contribution in [0, 0.1) is 5.82 Å². The molecule has 0 unspecified atom stereocenters. The fraction of sp³-hybridized carbons (Fsp3) is 0.176. The van der Waals surface area contributed by atoms with E-state index in [-0.39, 0.29) is 42.6 Å². The van der Waals surface area contributed by atoms with Crippen molar-refractivity contribution in [2.24, 2.45) is 0 Å². The Labute approximate surface area is 249 Å². The van der Waals surface area contributed by atoms with Gasteiger partial charge in [-0.25, -0.2) is 4.39 Å². The van der Waals surface area contributed by atoms with Crippen molar-refractivity contribution in [1.29, 1.82) is 0 Å². The van der Waals surface area contributed by atoms with Gasteiger partial charge in [-0.3, -0.25) is 9.59 Å². The Bertz CT molecular complexity index is 1640. The van der Waals surface area contributed by atoms with Gasteiger partial charge < -0.3 is 19.5 Å². The van der Waals surface area contributed by atoms with Gasteiger partial charge in [0, 0.05) is 19.5 Å². The van der Waals surface area contributed by atoms with E-state index >= 15 is 0 Å². The Hall–Kier alpha value is -5.31. The molecule has 1 aromatic heterocycles. The van der Waals surface area contributed by atoms with Crippen molar-refractivity contribution < 1.29 is 23.2 Å². The van der Waals surface area contributed by atoms with Crippen LogP contribution in [-0.4, -0.2) is 40.0 Å². The van der Waals surface area contributed by atoms with Crippen molar-refractivity contribution in [2.75, 3.05) is 7.11 Å². The number of hydrogen-bond acceptors (Lipinski definition) is 6. The van der Waals surface area contributed by atoms with Crippen LogP contribution < -0.4 is 10.1 Å². The normalized spacial score (nSPS) is 11.5. The van der Waals surface area contributed by atoms with E-state index < -0.39 is 17.8 Å². The number of hydrogen-bond donors (Lipinski definition) is 1. The number of amides is 2. The first-order chi connectivity index (χ1) is 21.0. The van der Waals surface area contributed by atoms with Crippen LogP contribution in [0.4, 0.5) is 4.39 Å². The third-order valence-corrected chi connectivity index (χ3v) is 6.98. The van der Waals surface area contributed by atoms with Gasteiger partial charge >= 0.3 is 0 Å². The topological polar surface area (TPSA) is 97.6 Å². The zero-order valence-electron chi connectivity index (χ0n) is 23.7. The summed E-state index contributed by atoms with van der Waals surface area (Å²) < 4.78 is 25.0. The summed E-state index contributed by atoms with van der Waals surface area (Å²) in [5.74, 6) is -0.451. The molecule has 0 radical (unpaired) electrons. The second-order valence-corrected chi connectivity index (χ2v) is 9.95. The lowest BCUT2D eigenvalue weighted by Gasteiger charge is -2.31. The molecule has 0 aliphatic carbocycles. The molecule has 4 aromatic carbocycles. The van der Waals surface area contributed by atoms with Gasteiger partial charge in [-0.2, -0.15) is 4.98 Å². The van der Waals surface area contributed by atoms with Gasteiger partial charge in [0.1, 0.15) is 24.0 Å². The second kappa shape index (κ2) is 14.0. The Kier molecular flexibility index (Phi) is 9.53. The molecule has 5 aromatic rings. The Balaban J connectivity index is 1.44. The van der Waals surface area contributed by atoms with Crippen molar-refractivity contribution >= 4 is 11.8 Å². The average Bonchev–Trinajstić information content (AvgIpc) is 3.51. The van der Waals surface area contributed by atoms with E-state index in [1.54, 1.807) is 31.4 Å². The number of benzene rings is 4. The lowest BCUT2D eigenvalue weighted by Crippen LogP contribution is -2.50. The van der Waals surface area contributed by atoms with Crippen LogP contribution in [0.3, 0.4) is 0 Å². The molecule has 2 amide bonds. The first-order valence-corrected chi connectivity index (χ1v) is 13.9. The highest BCUT2D eigenvalue weighted by Crippen LogP contribution is 2.21. The smallest absolute Gasteiger partial charge is 0.243 e. The highest BCUT2D eigenvalue weighted by Gasteiger charge is 2.31. The summed E-state index contributed by atoms with van der Waals surface area (Å²) in [6, 6.07) is 31.6. The molecule has 8 nitrogen and oxygen atoms in total. The fourth-order valence-electron chi connectivity index (χ4n) is 4.69. The van der Waals surface area contributed by atoms with Gasteiger partial charge in [-0.1, -0.05) is 90.1 Å². The molecule has 1 heterocycles. The summed E-state index contributed by atoms with van der Waals surface area (Å²) in [5.41, 5.74) is 2.81. The molecule has 0 saturated carbocycles. The number of carbonyl (C=O) groups excluding carboxylic acids is 2. The van der Waals surface area contributed by atoms with Crippen LogP contribution in [0.25, 0.3) is 11.4 Å². The molecule has 1 atom stereocenters. The maximum atomic E-state index is 14.3. The van der Waals surface area contributed by atoms with E-state index in [0.717, 1.165) is 16.7 Å². The summed E-state index contributed by atoms with van der Waals surface area (Å²) in [6.45, 7) is 0.457. The maximum absolute atomic E-state index is 14.3. The van der Waals surface area contributed by atoms with E-state index in [9.17, 15) is 14.0 Å². The second-order valence-electron chi connectivity index (χ2n) is 9.95. The van der Waals surface area contributed by atoms with Gasteiger partial charge in [0.25, 0.3) is 0 Å². The number of methoxy groups -OCH3 is 1. The van der Waals surface area contributed by atoms with Crippen molar-refractivity contribution in [1.82, 2.24) is 20.4 Å². The number of rotatable bonds is 12. The van der Waals surface area contributed by atoms with Gasteiger partial charge in [-0.15, -0.1) is 0 Å². The highest BCUT2D eigenvalue weighted by atomic mass is 19.1. The lowest BCUT2D eigenvalue weighted by molar-refractivity contribution is -0.141. The van der Waals surface area contributed by atoms with E-state index in [4.69, 9.17) is 9.26 Å². The van der Waals surface area contributed by atoms with Crippen LogP contribution in [0.2, 0.25) is 0 Å². The maximum Gasteiger partial charge on any atom is 0.243 e. The number of halogens is 1. The van der Waals surface area contributed by atoms with Gasteiger partial charge in [0.2, 0.25) is 23.5 Å². The van der Waals surface area contributed by atoms with Crippen LogP contribution in [-0.2, 0) is 35.5 Å². The molecule has 0 aliphatic rings. The Morgan fingerprint density at radius 1 is 0.860 bits per heavy atom. The van der Waals surface area contributed by atoms with E-state index in [1.807, 2.05) is 72.8 Å². The Morgan fingerprint density at radius 2 is 1.51 bits per heavy atom. The zero-order chi connectivity index (χ0) is 30.0. The zero-order valence-corrected chi connectivity index (χ0v) is 23.7. The van der Waals surface area contributed by atoms with E-state index in [2.05, 4.69) is 15.5 Å². The molecule has 0 aliphatic heterocycles. The van der Waals surface area contributed by atoms with Crippen LogP contribution in [0.5, 0.6) is 5.75 Å². The van der Waals surface area contributed by atoms with Crippen LogP contribution in [0.15, 0.2) is 114 Å². The van der Waals surface area contributed by atoms with Gasteiger partial charge in [0.05, 0.1) is 12.7 Å². The number of nitrogens with zero attached hydrogens (tertiary/aromatic N) is 3. The number of aromatic nitrogens is 2. The summed E-state index contributed by atoms with van der Waals surface area (Å²) in [6.07, 6.45) is 0.0164. The minimum atomic E-state index is -0.852. The summed E-state index contributed by atoms with van der Waals surface area (Å²) in [5, 5.41) is 6.89.